The lowest BCUT2D eigenvalue weighted by molar-refractivity contribution is -0.116. The number of hydrogen-bond acceptors (Lipinski definition) is 3. The molecule has 1 rings (SSSR count). The second-order valence-electron chi connectivity index (χ2n) is 5.26. The fourth-order valence-electron chi connectivity index (χ4n) is 2.00. The first kappa shape index (κ1) is 16.4. The van der Waals surface area contributed by atoms with E-state index in [-0.39, 0.29) is 12.5 Å². The number of rotatable bonds is 7. The number of aliphatic hydroxyl groups is 1. The molecule has 1 heterocycles. The van der Waals surface area contributed by atoms with Crippen molar-refractivity contribution in [3.63, 3.8) is 0 Å². The Balaban J connectivity index is 2.40. The molecule has 0 radical (unpaired) electrons. The molecule has 5 heteroatoms. The number of nitrogens with zero attached hydrogens (tertiary/aromatic N) is 2. The van der Waals surface area contributed by atoms with Crippen molar-refractivity contribution in [3.8, 4) is 0 Å². The number of amides is 1. The van der Waals surface area contributed by atoms with Gasteiger partial charge >= 0.3 is 0 Å². The highest BCUT2D eigenvalue weighted by Crippen LogP contribution is 2.13. The maximum absolute atomic E-state index is 11.7. The van der Waals surface area contributed by atoms with E-state index in [0.717, 1.165) is 29.8 Å². The monoisotopic (exact) mass is 279 g/mol. The van der Waals surface area contributed by atoms with E-state index in [1.807, 2.05) is 38.6 Å². The van der Waals surface area contributed by atoms with Crippen LogP contribution in [0.2, 0.25) is 0 Å². The smallest absolute Gasteiger partial charge is 0.244 e. The highest BCUT2D eigenvalue weighted by atomic mass is 16.3. The molecule has 0 fully saturated rings. The van der Waals surface area contributed by atoms with Gasteiger partial charge in [-0.15, -0.1) is 0 Å². The van der Waals surface area contributed by atoms with E-state index in [9.17, 15) is 4.79 Å². The van der Waals surface area contributed by atoms with E-state index in [1.54, 1.807) is 6.08 Å². The Kier molecular flexibility index (Phi) is 6.45. The molecular formula is C15H25N3O2. The third-order valence-corrected chi connectivity index (χ3v) is 3.45. The van der Waals surface area contributed by atoms with E-state index < -0.39 is 0 Å². The molecule has 1 unspecified atom stereocenters. The van der Waals surface area contributed by atoms with Gasteiger partial charge in [0.1, 0.15) is 0 Å². The van der Waals surface area contributed by atoms with Gasteiger partial charge < -0.3 is 10.4 Å². The molecule has 1 aromatic heterocycles. The van der Waals surface area contributed by atoms with Gasteiger partial charge in [0.2, 0.25) is 5.91 Å². The van der Waals surface area contributed by atoms with Gasteiger partial charge in [-0.3, -0.25) is 9.48 Å². The molecule has 0 spiro atoms. The SMILES string of the molecule is Cc1nn(C)c(C)c1/C=C/C(=O)NCCCC(C)CO. The summed E-state index contributed by atoms with van der Waals surface area (Å²) in [6, 6.07) is 0. The molecule has 0 aliphatic rings. The van der Waals surface area contributed by atoms with Crippen LogP contribution in [0.4, 0.5) is 0 Å². The van der Waals surface area contributed by atoms with Crippen LogP contribution in [-0.2, 0) is 11.8 Å². The Morgan fingerprint density at radius 2 is 2.20 bits per heavy atom. The molecule has 0 aliphatic carbocycles. The first-order valence-corrected chi connectivity index (χ1v) is 7.02. The average molecular weight is 279 g/mol. The molecule has 0 saturated carbocycles. The highest BCUT2D eigenvalue weighted by Gasteiger charge is 2.06. The molecule has 112 valence electrons. The summed E-state index contributed by atoms with van der Waals surface area (Å²) in [7, 11) is 1.89. The van der Waals surface area contributed by atoms with E-state index in [2.05, 4.69) is 10.4 Å². The van der Waals surface area contributed by atoms with Gasteiger partial charge in [0.05, 0.1) is 5.69 Å². The van der Waals surface area contributed by atoms with E-state index in [1.165, 1.54) is 0 Å². The number of nitrogens with one attached hydrogen (secondary N) is 1. The quantitative estimate of drug-likeness (QED) is 0.588. The summed E-state index contributed by atoms with van der Waals surface area (Å²) in [6.07, 6.45) is 5.16. The topological polar surface area (TPSA) is 67.2 Å². The van der Waals surface area contributed by atoms with Crippen molar-refractivity contribution in [1.82, 2.24) is 15.1 Å². The third-order valence-electron chi connectivity index (χ3n) is 3.45. The van der Waals surface area contributed by atoms with Crippen molar-refractivity contribution < 1.29 is 9.90 Å². The van der Waals surface area contributed by atoms with Gasteiger partial charge in [-0.1, -0.05) is 6.92 Å². The molecule has 20 heavy (non-hydrogen) atoms. The molecular weight excluding hydrogens is 254 g/mol. The number of hydrogen-bond donors (Lipinski definition) is 2. The Hall–Kier alpha value is -1.62. The second-order valence-corrected chi connectivity index (χ2v) is 5.26. The Labute approximate surface area is 120 Å². The molecule has 0 aliphatic heterocycles. The number of aliphatic hydroxyl groups excluding tert-OH is 1. The summed E-state index contributed by atoms with van der Waals surface area (Å²) in [5.74, 6) is 0.201. The number of aryl methyl sites for hydroxylation is 2. The molecule has 1 amide bonds. The average Bonchev–Trinajstić information content (AvgIpc) is 2.66. The minimum Gasteiger partial charge on any atom is -0.396 e. The van der Waals surface area contributed by atoms with E-state index >= 15 is 0 Å². The van der Waals surface area contributed by atoms with Crippen LogP contribution in [0.15, 0.2) is 6.08 Å². The normalized spacial score (nSPS) is 12.8. The lowest BCUT2D eigenvalue weighted by Gasteiger charge is -2.07. The van der Waals surface area contributed by atoms with Crippen LogP contribution in [0.25, 0.3) is 6.08 Å². The van der Waals surface area contributed by atoms with Gasteiger partial charge in [0.25, 0.3) is 0 Å². The summed E-state index contributed by atoms with van der Waals surface area (Å²) in [5.41, 5.74) is 2.96. The zero-order valence-corrected chi connectivity index (χ0v) is 12.8. The summed E-state index contributed by atoms with van der Waals surface area (Å²) >= 11 is 0. The predicted octanol–water partition coefficient (Wildman–Crippen LogP) is 1.57. The first-order chi connectivity index (χ1) is 9.45. The maximum atomic E-state index is 11.7. The van der Waals surface area contributed by atoms with Crippen molar-refractivity contribution in [2.24, 2.45) is 13.0 Å². The van der Waals surface area contributed by atoms with E-state index in [0.29, 0.717) is 12.5 Å². The summed E-state index contributed by atoms with van der Waals surface area (Å²) in [5, 5.41) is 16.0. The maximum Gasteiger partial charge on any atom is 0.244 e. The zero-order valence-electron chi connectivity index (χ0n) is 12.8. The Morgan fingerprint density at radius 1 is 1.50 bits per heavy atom. The minimum absolute atomic E-state index is 0.0932. The summed E-state index contributed by atoms with van der Waals surface area (Å²) in [4.78, 5) is 11.7. The standard InChI is InChI=1S/C15H25N3O2/c1-11(10-19)6-5-9-16-15(20)8-7-14-12(2)17-18(4)13(14)3/h7-8,11,19H,5-6,9-10H2,1-4H3,(H,16,20)/b8-7+. The molecule has 0 saturated heterocycles. The molecule has 0 bridgehead atoms. The van der Waals surface area contributed by atoms with Gasteiger partial charge in [-0.2, -0.15) is 5.10 Å². The molecule has 0 aromatic carbocycles. The molecule has 5 nitrogen and oxygen atoms in total. The van der Waals surface area contributed by atoms with Crippen LogP contribution in [0.5, 0.6) is 0 Å². The fourth-order valence-corrected chi connectivity index (χ4v) is 2.00. The largest absolute Gasteiger partial charge is 0.396 e. The summed E-state index contributed by atoms with van der Waals surface area (Å²) in [6.45, 7) is 6.75. The van der Waals surface area contributed by atoms with Crippen molar-refractivity contribution in [2.45, 2.75) is 33.6 Å². The first-order valence-electron chi connectivity index (χ1n) is 7.02. The van der Waals surface area contributed by atoms with Gasteiger partial charge in [0.15, 0.2) is 0 Å². The van der Waals surface area contributed by atoms with Crippen LogP contribution in [0, 0.1) is 19.8 Å². The van der Waals surface area contributed by atoms with Crippen LogP contribution >= 0.6 is 0 Å². The van der Waals surface area contributed by atoms with E-state index in [4.69, 9.17) is 5.11 Å². The highest BCUT2D eigenvalue weighted by molar-refractivity contribution is 5.91. The lowest BCUT2D eigenvalue weighted by Crippen LogP contribution is -2.22. The fraction of sp³-hybridized carbons (Fsp3) is 0.600. The molecule has 1 atom stereocenters. The summed E-state index contributed by atoms with van der Waals surface area (Å²) < 4.78 is 1.81. The third kappa shape index (κ3) is 4.81. The van der Waals surface area contributed by atoms with Crippen molar-refractivity contribution in [2.75, 3.05) is 13.2 Å². The Morgan fingerprint density at radius 3 is 2.75 bits per heavy atom. The Bertz CT molecular complexity index is 478. The van der Waals surface area contributed by atoms with Gasteiger partial charge in [0, 0.05) is 37.5 Å². The minimum atomic E-state index is -0.0932. The van der Waals surface area contributed by atoms with Crippen LogP contribution in [0.3, 0.4) is 0 Å². The lowest BCUT2D eigenvalue weighted by atomic mass is 10.1. The van der Waals surface area contributed by atoms with Crippen LogP contribution in [0.1, 0.15) is 36.7 Å². The van der Waals surface area contributed by atoms with Crippen LogP contribution < -0.4 is 5.32 Å². The van der Waals surface area contributed by atoms with Crippen molar-refractivity contribution in [1.29, 1.82) is 0 Å². The van der Waals surface area contributed by atoms with Gasteiger partial charge in [-0.05, 0) is 38.7 Å². The second kappa shape index (κ2) is 7.85. The van der Waals surface area contributed by atoms with Crippen LogP contribution in [-0.4, -0.2) is 33.9 Å². The number of carbonyl (C=O) groups excluding carboxylic acids is 1. The molecule has 1 aromatic rings. The predicted molar refractivity (Wildman–Crippen MR) is 80.2 cm³/mol. The number of aromatic nitrogens is 2. The van der Waals surface area contributed by atoms with Gasteiger partial charge in [-0.25, -0.2) is 0 Å². The zero-order chi connectivity index (χ0) is 15.1. The molecule has 2 N–H and O–H groups in total. The van der Waals surface area contributed by atoms with Crippen molar-refractivity contribution in [3.05, 3.63) is 23.0 Å². The number of carbonyl (C=O) groups is 1. The van der Waals surface area contributed by atoms with Crippen molar-refractivity contribution >= 4 is 12.0 Å².